The molecule has 0 bridgehead atoms. The van der Waals surface area contributed by atoms with E-state index < -0.39 is 0 Å². The molecule has 3 rings (SSSR count). The average molecular weight is 325 g/mol. The second kappa shape index (κ2) is 7.42. The van der Waals surface area contributed by atoms with Gasteiger partial charge in [0.2, 0.25) is 5.82 Å². The minimum Gasteiger partial charge on any atom is -0.362 e. The van der Waals surface area contributed by atoms with Crippen molar-refractivity contribution < 1.29 is 14.1 Å². The molecule has 0 aliphatic carbocycles. The third kappa shape index (κ3) is 4.20. The van der Waals surface area contributed by atoms with E-state index in [4.69, 9.17) is 9.26 Å². The summed E-state index contributed by atoms with van der Waals surface area (Å²) >= 11 is 0. The van der Waals surface area contributed by atoms with Gasteiger partial charge in [0.25, 0.3) is 11.8 Å². The van der Waals surface area contributed by atoms with Gasteiger partial charge >= 0.3 is 0 Å². The molecule has 0 atom stereocenters. The number of nitrogens with zero attached hydrogens (tertiary/aromatic N) is 4. The fourth-order valence-electron chi connectivity index (χ4n) is 1.95. The Morgan fingerprint density at radius 1 is 1.21 bits per heavy atom. The van der Waals surface area contributed by atoms with Gasteiger partial charge in [0, 0.05) is 23.7 Å². The Morgan fingerprint density at radius 2 is 2.04 bits per heavy atom. The van der Waals surface area contributed by atoms with Crippen LogP contribution in [0.2, 0.25) is 0 Å². The molecule has 0 aliphatic rings. The Hall–Kier alpha value is -3.13. The molecule has 3 heterocycles. The maximum Gasteiger partial charge on any atom is 0.252 e. The maximum absolute atomic E-state index is 11.8. The van der Waals surface area contributed by atoms with Gasteiger partial charge in [0.05, 0.1) is 0 Å². The van der Waals surface area contributed by atoms with Crippen molar-refractivity contribution in [3.8, 4) is 11.4 Å². The minimum atomic E-state index is -0.304. The number of pyridine rings is 2. The van der Waals surface area contributed by atoms with Crippen LogP contribution in [-0.2, 0) is 16.1 Å². The van der Waals surface area contributed by atoms with E-state index in [-0.39, 0.29) is 19.1 Å². The highest BCUT2D eigenvalue weighted by Crippen LogP contribution is 2.14. The molecule has 24 heavy (non-hydrogen) atoms. The fourth-order valence-corrected chi connectivity index (χ4v) is 1.95. The smallest absolute Gasteiger partial charge is 0.252 e. The number of anilines is 1. The van der Waals surface area contributed by atoms with E-state index in [9.17, 15) is 4.79 Å². The van der Waals surface area contributed by atoms with E-state index in [1.165, 1.54) is 0 Å². The Kier molecular flexibility index (Phi) is 4.87. The Labute approximate surface area is 137 Å². The van der Waals surface area contributed by atoms with Crippen LogP contribution in [0.5, 0.6) is 0 Å². The van der Waals surface area contributed by atoms with Crippen LogP contribution in [-0.4, -0.2) is 32.6 Å². The molecule has 8 nitrogen and oxygen atoms in total. The third-order valence-corrected chi connectivity index (χ3v) is 3.02. The normalized spacial score (nSPS) is 10.5. The molecular formula is C16H15N5O3. The lowest BCUT2D eigenvalue weighted by atomic mass is 10.2. The summed E-state index contributed by atoms with van der Waals surface area (Å²) in [5, 5.41) is 6.51. The summed E-state index contributed by atoms with van der Waals surface area (Å²) in [6.45, 7) is 1.76. The number of carbonyl (C=O) groups is 1. The van der Waals surface area contributed by atoms with Crippen LogP contribution >= 0.6 is 0 Å². The van der Waals surface area contributed by atoms with Crippen LogP contribution in [0.25, 0.3) is 11.4 Å². The SMILES string of the molecule is Cc1cccc(NC(=O)COCc2nc(-c3ccncc3)no2)n1. The van der Waals surface area contributed by atoms with E-state index >= 15 is 0 Å². The van der Waals surface area contributed by atoms with Gasteiger partial charge < -0.3 is 14.6 Å². The molecule has 3 aromatic rings. The average Bonchev–Trinajstić information content (AvgIpc) is 3.04. The van der Waals surface area contributed by atoms with Crippen LogP contribution in [0, 0.1) is 6.92 Å². The molecule has 0 aromatic carbocycles. The van der Waals surface area contributed by atoms with Crippen LogP contribution < -0.4 is 5.32 Å². The molecule has 3 aromatic heterocycles. The molecule has 0 saturated carbocycles. The largest absolute Gasteiger partial charge is 0.362 e. The number of rotatable bonds is 6. The van der Waals surface area contributed by atoms with E-state index in [2.05, 4.69) is 25.4 Å². The molecule has 1 amide bonds. The van der Waals surface area contributed by atoms with Crippen LogP contribution in [0.15, 0.2) is 47.2 Å². The zero-order chi connectivity index (χ0) is 16.8. The summed E-state index contributed by atoms with van der Waals surface area (Å²) in [7, 11) is 0. The number of aromatic nitrogens is 4. The first kappa shape index (κ1) is 15.8. The minimum absolute atomic E-state index is 0.0484. The Balaban J connectivity index is 1.48. The van der Waals surface area contributed by atoms with Crippen molar-refractivity contribution in [3.05, 3.63) is 54.3 Å². The Bertz CT molecular complexity index is 819. The van der Waals surface area contributed by atoms with Gasteiger partial charge in [-0.1, -0.05) is 11.2 Å². The standard InChI is InChI=1S/C16H15N5O3/c1-11-3-2-4-13(18-11)19-14(22)9-23-10-15-20-16(21-24-15)12-5-7-17-8-6-12/h2-8H,9-10H2,1H3,(H,18,19,22). The Morgan fingerprint density at radius 3 is 2.83 bits per heavy atom. The first-order valence-electron chi connectivity index (χ1n) is 7.25. The lowest BCUT2D eigenvalue weighted by Crippen LogP contribution is -2.19. The van der Waals surface area contributed by atoms with E-state index in [1.54, 1.807) is 30.6 Å². The van der Waals surface area contributed by atoms with Crippen molar-refractivity contribution in [2.45, 2.75) is 13.5 Å². The van der Waals surface area contributed by atoms with E-state index in [1.807, 2.05) is 19.1 Å². The van der Waals surface area contributed by atoms with Gasteiger partial charge in [-0.15, -0.1) is 0 Å². The number of hydrogen-bond acceptors (Lipinski definition) is 7. The van der Waals surface area contributed by atoms with Crippen LogP contribution in [0.4, 0.5) is 5.82 Å². The first-order valence-corrected chi connectivity index (χ1v) is 7.25. The lowest BCUT2D eigenvalue weighted by molar-refractivity contribution is -0.121. The van der Waals surface area contributed by atoms with Gasteiger partial charge in [-0.3, -0.25) is 9.78 Å². The van der Waals surface area contributed by atoms with Gasteiger partial charge in [-0.25, -0.2) is 4.98 Å². The number of hydrogen-bond donors (Lipinski definition) is 1. The van der Waals surface area contributed by atoms with Gasteiger partial charge in [0.15, 0.2) is 0 Å². The summed E-state index contributed by atoms with van der Waals surface area (Å²) in [5.74, 6) is 0.927. The molecular weight excluding hydrogens is 310 g/mol. The van der Waals surface area contributed by atoms with Crippen molar-refractivity contribution in [2.75, 3.05) is 11.9 Å². The summed E-state index contributed by atoms with van der Waals surface area (Å²) in [4.78, 5) is 24.1. The van der Waals surface area contributed by atoms with Crippen molar-refractivity contribution in [3.63, 3.8) is 0 Å². The molecule has 0 spiro atoms. The van der Waals surface area contributed by atoms with Crippen LogP contribution in [0.3, 0.4) is 0 Å². The van der Waals surface area contributed by atoms with Crippen LogP contribution in [0.1, 0.15) is 11.6 Å². The number of aryl methyl sites for hydroxylation is 1. The number of amides is 1. The summed E-state index contributed by atoms with van der Waals surface area (Å²) < 4.78 is 10.4. The molecule has 0 fully saturated rings. The second-order valence-corrected chi connectivity index (χ2v) is 4.95. The topological polar surface area (TPSA) is 103 Å². The van der Waals surface area contributed by atoms with Gasteiger partial charge in [-0.05, 0) is 31.2 Å². The van der Waals surface area contributed by atoms with Gasteiger partial charge in [0.1, 0.15) is 19.0 Å². The van der Waals surface area contributed by atoms with E-state index in [0.29, 0.717) is 17.5 Å². The fraction of sp³-hybridized carbons (Fsp3) is 0.188. The van der Waals surface area contributed by atoms with Crippen molar-refractivity contribution in [1.29, 1.82) is 0 Å². The lowest BCUT2D eigenvalue weighted by Gasteiger charge is -2.04. The number of nitrogens with one attached hydrogen (secondary N) is 1. The molecule has 122 valence electrons. The molecule has 8 heteroatoms. The van der Waals surface area contributed by atoms with Crippen molar-refractivity contribution in [2.24, 2.45) is 0 Å². The molecule has 0 aliphatic heterocycles. The molecule has 0 radical (unpaired) electrons. The zero-order valence-electron chi connectivity index (χ0n) is 13.0. The monoisotopic (exact) mass is 325 g/mol. The quantitative estimate of drug-likeness (QED) is 0.739. The molecule has 0 saturated heterocycles. The summed E-state index contributed by atoms with van der Waals surface area (Å²) in [6, 6.07) is 8.93. The highest BCUT2D eigenvalue weighted by molar-refractivity contribution is 5.90. The maximum atomic E-state index is 11.8. The predicted molar refractivity (Wildman–Crippen MR) is 84.8 cm³/mol. The molecule has 0 unspecified atom stereocenters. The zero-order valence-corrected chi connectivity index (χ0v) is 13.0. The van der Waals surface area contributed by atoms with Gasteiger partial charge in [-0.2, -0.15) is 4.98 Å². The summed E-state index contributed by atoms with van der Waals surface area (Å²) in [5.41, 5.74) is 1.62. The summed E-state index contributed by atoms with van der Waals surface area (Å²) in [6.07, 6.45) is 3.29. The van der Waals surface area contributed by atoms with E-state index in [0.717, 1.165) is 11.3 Å². The predicted octanol–water partition coefficient (Wildman–Crippen LogP) is 1.99. The number of ether oxygens (including phenoxy) is 1. The third-order valence-electron chi connectivity index (χ3n) is 3.02. The van der Waals surface area contributed by atoms with Crippen molar-refractivity contribution >= 4 is 11.7 Å². The highest BCUT2D eigenvalue weighted by atomic mass is 16.5. The number of carbonyl (C=O) groups excluding carboxylic acids is 1. The second-order valence-electron chi connectivity index (χ2n) is 4.95. The first-order chi connectivity index (χ1) is 11.7. The van der Waals surface area contributed by atoms with Crippen molar-refractivity contribution in [1.82, 2.24) is 20.1 Å². The molecule has 1 N–H and O–H groups in total. The highest BCUT2D eigenvalue weighted by Gasteiger charge is 2.10.